The molecule has 110 valence electrons. The minimum absolute atomic E-state index is 0.143. The van der Waals surface area contributed by atoms with E-state index in [1.807, 2.05) is 0 Å². The minimum Gasteiger partial charge on any atom is -0.488 e. The van der Waals surface area contributed by atoms with Gasteiger partial charge in [0, 0.05) is 0 Å². The fourth-order valence-corrected chi connectivity index (χ4v) is 2.40. The lowest BCUT2D eigenvalue weighted by Crippen LogP contribution is -2.15. The van der Waals surface area contributed by atoms with Crippen molar-refractivity contribution in [1.82, 2.24) is 0 Å². The maximum atomic E-state index is 13.2. The van der Waals surface area contributed by atoms with E-state index in [1.54, 1.807) is 30.3 Å². The molecule has 0 heterocycles. The van der Waals surface area contributed by atoms with E-state index in [-0.39, 0.29) is 18.3 Å². The van der Waals surface area contributed by atoms with Gasteiger partial charge in [0.15, 0.2) is 5.84 Å². The summed E-state index contributed by atoms with van der Waals surface area (Å²) in [4.78, 5) is 0. The van der Waals surface area contributed by atoms with Gasteiger partial charge in [-0.05, 0) is 45.8 Å². The number of nitrogens with two attached hydrogens (primary N) is 1. The van der Waals surface area contributed by atoms with Crippen molar-refractivity contribution in [3.63, 3.8) is 0 Å². The van der Waals surface area contributed by atoms with Gasteiger partial charge in [0.25, 0.3) is 0 Å². The third-order valence-corrected chi connectivity index (χ3v) is 3.64. The highest BCUT2D eigenvalue weighted by molar-refractivity contribution is 9.10. The van der Waals surface area contributed by atoms with Crippen LogP contribution < -0.4 is 10.5 Å². The molecule has 0 unspecified atom stereocenters. The van der Waals surface area contributed by atoms with E-state index in [0.29, 0.717) is 20.8 Å². The van der Waals surface area contributed by atoms with Crippen molar-refractivity contribution < 1.29 is 14.3 Å². The molecule has 0 aliphatic rings. The van der Waals surface area contributed by atoms with E-state index < -0.39 is 0 Å². The topological polar surface area (TPSA) is 67.8 Å². The van der Waals surface area contributed by atoms with Crippen LogP contribution in [0.2, 0.25) is 5.02 Å². The summed E-state index contributed by atoms with van der Waals surface area (Å²) in [7, 11) is 0. The van der Waals surface area contributed by atoms with Crippen LogP contribution in [-0.2, 0) is 6.61 Å². The Labute approximate surface area is 134 Å². The Morgan fingerprint density at radius 3 is 2.81 bits per heavy atom. The lowest BCUT2D eigenvalue weighted by molar-refractivity contribution is 0.303. The van der Waals surface area contributed by atoms with E-state index in [4.69, 9.17) is 27.3 Å². The zero-order valence-electron chi connectivity index (χ0n) is 10.7. The molecule has 0 radical (unpaired) electrons. The summed E-state index contributed by atoms with van der Waals surface area (Å²) in [5.41, 5.74) is 6.65. The Hall–Kier alpha value is -1.79. The van der Waals surface area contributed by atoms with Crippen LogP contribution in [0.4, 0.5) is 4.39 Å². The molecule has 0 atom stereocenters. The van der Waals surface area contributed by atoms with Crippen molar-refractivity contribution >= 4 is 33.4 Å². The maximum absolute atomic E-state index is 13.2. The highest BCUT2D eigenvalue weighted by Gasteiger charge is 2.13. The van der Waals surface area contributed by atoms with Gasteiger partial charge < -0.3 is 15.7 Å². The normalized spacial score (nSPS) is 11.5. The molecule has 0 spiro atoms. The lowest BCUT2D eigenvalue weighted by atomic mass is 10.2. The second-order valence-electron chi connectivity index (χ2n) is 4.14. The Morgan fingerprint density at radius 2 is 2.14 bits per heavy atom. The third kappa shape index (κ3) is 3.65. The van der Waals surface area contributed by atoms with Crippen LogP contribution in [0.15, 0.2) is 46.0 Å². The second-order valence-corrected chi connectivity index (χ2v) is 5.40. The molecule has 2 aromatic rings. The summed E-state index contributed by atoms with van der Waals surface area (Å²) in [5.74, 6) is -0.118. The molecule has 0 aromatic heterocycles. The van der Waals surface area contributed by atoms with Crippen molar-refractivity contribution in [2.75, 3.05) is 0 Å². The van der Waals surface area contributed by atoms with Gasteiger partial charge in [-0.15, -0.1) is 0 Å². The van der Waals surface area contributed by atoms with Crippen LogP contribution in [0.3, 0.4) is 0 Å². The van der Waals surface area contributed by atoms with Crippen LogP contribution in [-0.4, -0.2) is 11.0 Å². The fourth-order valence-electron chi connectivity index (χ4n) is 1.71. The molecule has 2 rings (SSSR count). The van der Waals surface area contributed by atoms with Crippen LogP contribution in [0, 0.1) is 5.82 Å². The predicted octanol–water partition coefficient (Wildman–Crippen LogP) is 3.92. The molecule has 0 saturated carbocycles. The van der Waals surface area contributed by atoms with E-state index in [0.717, 1.165) is 5.56 Å². The van der Waals surface area contributed by atoms with Crippen molar-refractivity contribution in [2.45, 2.75) is 6.61 Å². The zero-order chi connectivity index (χ0) is 15.4. The highest BCUT2D eigenvalue weighted by Crippen LogP contribution is 2.27. The molecule has 0 bridgehead atoms. The average Bonchev–Trinajstić information content (AvgIpc) is 2.48. The largest absolute Gasteiger partial charge is 0.488 e. The van der Waals surface area contributed by atoms with E-state index in [1.165, 1.54) is 6.07 Å². The van der Waals surface area contributed by atoms with Crippen LogP contribution in [0.5, 0.6) is 5.75 Å². The Kier molecular flexibility index (Phi) is 5.03. The van der Waals surface area contributed by atoms with E-state index in [2.05, 4.69) is 21.1 Å². The van der Waals surface area contributed by atoms with Crippen LogP contribution in [0.1, 0.15) is 11.1 Å². The number of nitrogens with zero attached hydrogens (tertiary/aromatic N) is 1. The number of hydrogen-bond donors (Lipinski definition) is 2. The first kappa shape index (κ1) is 15.6. The molecule has 2 aromatic carbocycles. The van der Waals surface area contributed by atoms with Crippen molar-refractivity contribution in [3.8, 4) is 5.75 Å². The molecule has 7 heteroatoms. The standard InChI is InChI=1S/C14H11BrClFN2O2/c15-9-6-8(4-5-11(9)17)7-21-12-3-1-2-10(16)13(12)14(18)19-20/h1-6,20H,7H2,(H2,18,19). The summed E-state index contributed by atoms with van der Waals surface area (Å²) in [6, 6.07) is 9.50. The molecule has 0 aliphatic carbocycles. The molecule has 3 N–H and O–H groups in total. The molecule has 0 aliphatic heterocycles. The Balaban J connectivity index is 2.24. The fraction of sp³-hybridized carbons (Fsp3) is 0.0714. The molecule has 0 amide bonds. The Morgan fingerprint density at radius 1 is 1.38 bits per heavy atom. The first-order valence-corrected chi connectivity index (χ1v) is 7.03. The van der Waals surface area contributed by atoms with E-state index in [9.17, 15) is 4.39 Å². The van der Waals surface area contributed by atoms with Gasteiger partial charge in [-0.25, -0.2) is 4.39 Å². The second kappa shape index (κ2) is 6.78. The summed E-state index contributed by atoms with van der Waals surface area (Å²) in [5, 5.41) is 12.0. The monoisotopic (exact) mass is 372 g/mol. The molecular weight excluding hydrogens is 363 g/mol. The van der Waals surface area contributed by atoms with Gasteiger partial charge in [0.1, 0.15) is 18.2 Å². The molecular formula is C14H11BrClFN2O2. The van der Waals surface area contributed by atoms with Gasteiger partial charge in [-0.2, -0.15) is 0 Å². The number of benzene rings is 2. The van der Waals surface area contributed by atoms with Crippen molar-refractivity contribution in [2.24, 2.45) is 10.9 Å². The Bertz CT molecular complexity index is 695. The molecule has 21 heavy (non-hydrogen) atoms. The molecule has 0 saturated heterocycles. The molecule has 0 fully saturated rings. The van der Waals surface area contributed by atoms with Gasteiger partial charge in [0.2, 0.25) is 0 Å². The number of rotatable bonds is 4. The number of halogens is 3. The minimum atomic E-state index is -0.348. The predicted molar refractivity (Wildman–Crippen MR) is 82.4 cm³/mol. The summed E-state index contributed by atoms with van der Waals surface area (Å²) >= 11 is 9.13. The number of amidine groups is 1. The van der Waals surface area contributed by atoms with E-state index >= 15 is 0 Å². The van der Waals surface area contributed by atoms with Crippen molar-refractivity contribution in [1.29, 1.82) is 0 Å². The first-order chi connectivity index (χ1) is 10.0. The summed E-state index contributed by atoms with van der Waals surface area (Å²) < 4.78 is 19.1. The number of oxime groups is 1. The summed E-state index contributed by atoms with van der Waals surface area (Å²) in [6.07, 6.45) is 0. The highest BCUT2D eigenvalue weighted by atomic mass is 79.9. The zero-order valence-corrected chi connectivity index (χ0v) is 13.0. The summed E-state index contributed by atoms with van der Waals surface area (Å²) in [6.45, 7) is 0.185. The SMILES string of the molecule is N/C(=N/O)c1c(Cl)cccc1OCc1ccc(F)c(Br)c1. The lowest BCUT2D eigenvalue weighted by Gasteiger charge is -2.12. The van der Waals surface area contributed by atoms with Gasteiger partial charge in [0.05, 0.1) is 15.1 Å². The van der Waals surface area contributed by atoms with Crippen molar-refractivity contribution in [3.05, 3.63) is 62.8 Å². The number of hydrogen-bond acceptors (Lipinski definition) is 3. The number of ether oxygens (including phenoxy) is 1. The van der Waals surface area contributed by atoms with Gasteiger partial charge in [-0.1, -0.05) is 28.9 Å². The quantitative estimate of drug-likeness (QED) is 0.369. The average molecular weight is 374 g/mol. The maximum Gasteiger partial charge on any atom is 0.175 e. The van der Waals surface area contributed by atoms with Crippen LogP contribution >= 0.6 is 27.5 Å². The van der Waals surface area contributed by atoms with Gasteiger partial charge in [-0.3, -0.25) is 0 Å². The third-order valence-electron chi connectivity index (χ3n) is 2.72. The smallest absolute Gasteiger partial charge is 0.175 e. The van der Waals surface area contributed by atoms with Crippen LogP contribution in [0.25, 0.3) is 0 Å². The molecule has 4 nitrogen and oxygen atoms in total. The van der Waals surface area contributed by atoms with Gasteiger partial charge >= 0.3 is 0 Å². The first-order valence-electron chi connectivity index (χ1n) is 5.86.